The fraction of sp³-hybridized carbons (Fsp3) is 0.926. The number of carbonyl (C=O) groups excluding carboxylic acids is 2. The van der Waals surface area contributed by atoms with E-state index in [0.717, 1.165) is 77.0 Å². The summed E-state index contributed by atoms with van der Waals surface area (Å²) in [5, 5.41) is 11.5. The highest BCUT2D eigenvalue weighted by Crippen LogP contribution is 2.25. The van der Waals surface area contributed by atoms with Crippen LogP contribution < -0.4 is 0 Å². The number of rotatable bonds is 40. The molecule has 0 spiro atoms. The van der Waals surface area contributed by atoms with Crippen LogP contribution in [0.3, 0.4) is 0 Å². The topological polar surface area (TPSA) is 76.1 Å². The maximum atomic E-state index is 13.7. The molecule has 0 radical (unpaired) electrons. The van der Waals surface area contributed by atoms with E-state index in [1.54, 1.807) is 0 Å². The van der Waals surface area contributed by atoms with Gasteiger partial charge in [0.05, 0.1) is 6.10 Å². The van der Waals surface area contributed by atoms with Gasteiger partial charge in [-0.3, -0.25) is 9.59 Å². The van der Waals surface area contributed by atoms with Crippen molar-refractivity contribution in [2.75, 3.05) is 13.1 Å². The minimum Gasteiger partial charge on any atom is -0.462 e. The molecule has 0 aromatic heterocycles. The molecule has 0 aromatic carbocycles. The molecule has 1 rings (SSSR count). The zero-order valence-electron chi connectivity index (χ0n) is 40.6. The number of unbranched alkanes of at least 4 members (excludes halogenated alkanes) is 17. The molecule has 0 bridgehead atoms. The SMILES string of the molecule is C.CC.CCCCCCCC(CCCCCCC)OC(=O)CCCN(CCCC(C)(O)OC(CCCCCCC)CCCCCCC)C(=O)CCCCC1CCC#CCC1. The van der Waals surface area contributed by atoms with E-state index in [0.29, 0.717) is 51.1 Å². The van der Waals surface area contributed by atoms with Crippen molar-refractivity contribution < 1.29 is 24.2 Å². The molecule has 1 atom stereocenters. The third-order valence-electron chi connectivity index (χ3n) is 12.2. The third kappa shape index (κ3) is 37.0. The molecule has 60 heavy (non-hydrogen) atoms. The average molecular weight is 848 g/mol. The Morgan fingerprint density at radius 3 is 1.50 bits per heavy atom. The molecule has 6 heteroatoms. The van der Waals surface area contributed by atoms with Crippen molar-refractivity contribution in [3.05, 3.63) is 0 Å². The maximum Gasteiger partial charge on any atom is 0.306 e. The predicted octanol–water partition coefficient (Wildman–Crippen LogP) is 16.2. The van der Waals surface area contributed by atoms with Crippen molar-refractivity contribution >= 4 is 11.9 Å². The van der Waals surface area contributed by atoms with Crippen LogP contribution in [0.2, 0.25) is 0 Å². The average Bonchev–Trinajstić information content (AvgIpc) is 3.50. The van der Waals surface area contributed by atoms with Gasteiger partial charge in [-0.25, -0.2) is 0 Å². The molecule has 0 saturated carbocycles. The van der Waals surface area contributed by atoms with Crippen LogP contribution in [-0.2, 0) is 19.1 Å². The molecule has 6 nitrogen and oxygen atoms in total. The minimum atomic E-state index is -1.22. The Balaban J connectivity index is 0. The van der Waals surface area contributed by atoms with Gasteiger partial charge in [-0.15, -0.1) is 11.8 Å². The lowest BCUT2D eigenvalue weighted by Crippen LogP contribution is -2.37. The van der Waals surface area contributed by atoms with Crippen LogP contribution in [0.15, 0.2) is 0 Å². The van der Waals surface area contributed by atoms with Crippen LogP contribution >= 0.6 is 0 Å². The molecular weight excluding hydrogens is 743 g/mol. The number of hydrogen-bond acceptors (Lipinski definition) is 5. The molecule has 0 aliphatic heterocycles. The van der Waals surface area contributed by atoms with E-state index >= 15 is 0 Å². The zero-order chi connectivity index (χ0) is 43.7. The van der Waals surface area contributed by atoms with Crippen molar-refractivity contribution in [1.82, 2.24) is 4.90 Å². The highest BCUT2D eigenvalue weighted by atomic mass is 16.6. The molecule has 0 aromatic rings. The van der Waals surface area contributed by atoms with Crippen molar-refractivity contribution in [1.29, 1.82) is 0 Å². The van der Waals surface area contributed by atoms with Crippen molar-refractivity contribution in [2.24, 2.45) is 5.92 Å². The first-order chi connectivity index (χ1) is 28.7. The number of hydrogen-bond donors (Lipinski definition) is 1. The highest BCUT2D eigenvalue weighted by molar-refractivity contribution is 5.76. The number of aliphatic hydroxyl groups is 1. The molecule has 0 fully saturated rings. The van der Waals surface area contributed by atoms with Crippen LogP contribution in [0, 0.1) is 17.8 Å². The smallest absolute Gasteiger partial charge is 0.306 e. The minimum absolute atomic E-state index is 0. The van der Waals surface area contributed by atoms with Gasteiger partial charge in [0.15, 0.2) is 5.79 Å². The van der Waals surface area contributed by atoms with Crippen LogP contribution in [0.1, 0.15) is 287 Å². The molecule has 1 aliphatic rings. The second-order valence-electron chi connectivity index (χ2n) is 18.0. The summed E-state index contributed by atoms with van der Waals surface area (Å²) in [6.45, 7) is 15.9. The van der Waals surface area contributed by atoms with Crippen molar-refractivity contribution in [3.8, 4) is 11.8 Å². The number of ether oxygens (including phenoxy) is 2. The maximum absolute atomic E-state index is 13.7. The Morgan fingerprint density at radius 2 is 1.03 bits per heavy atom. The van der Waals surface area contributed by atoms with Gasteiger partial charge in [-0.2, -0.15) is 0 Å². The third-order valence-corrected chi connectivity index (χ3v) is 12.2. The Hall–Kier alpha value is -1.58. The summed E-state index contributed by atoms with van der Waals surface area (Å²) in [6.07, 6.45) is 38.7. The molecule has 0 heterocycles. The van der Waals surface area contributed by atoms with Crippen LogP contribution in [0.25, 0.3) is 0 Å². The van der Waals surface area contributed by atoms with Crippen LogP contribution in [0.5, 0.6) is 0 Å². The van der Waals surface area contributed by atoms with Crippen molar-refractivity contribution in [2.45, 2.75) is 305 Å². The summed E-state index contributed by atoms with van der Waals surface area (Å²) in [4.78, 5) is 28.8. The van der Waals surface area contributed by atoms with Gasteiger partial charge in [0, 0.05) is 45.2 Å². The van der Waals surface area contributed by atoms with Gasteiger partial charge in [0.1, 0.15) is 6.10 Å². The zero-order valence-corrected chi connectivity index (χ0v) is 40.6. The Labute approximate surface area is 375 Å². The number of nitrogens with zero attached hydrogens (tertiary/aromatic N) is 1. The summed E-state index contributed by atoms with van der Waals surface area (Å²) >= 11 is 0. The van der Waals surface area contributed by atoms with Gasteiger partial charge in [0.25, 0.3) is 0 Å². The molecule has 1 amide bonds. The quantitative estimate of drug-likeness (QED) is 0.0288. The van der Waals surface area contributed by atoms with E-state index in [1.807, 2.05) is 25.7 Å². The van der Waals surface area contributed by atoms with Gasteiger partial charge < -0.3 is 19.5 Å². The summed E-state index contributed by atoms with van der Waals surface area (Å²) in [5.74, 6) is 6.08. The monoisotopic (exact) mass is 848 g/mol. The van der Waals surface area contributed by atoms with Crippen LogP contribution in [-0.4, -0.2) is 53.0 Å². The van der Waals surface area contributed by atoms with E-state index < -0.39 is 5.79 Å². The van der Waals surface area contributed by atoms with Gasteiger partial charge in [0.2, 0.25) is 5.91 Å². The first kappa shape index (κ1) is 60.5. The first-order valence-corrected chi connectivity index (χ1v) is 26.1. The standard InChI is InChI=1S/C51H95NO5.C2H6.CH4/c1-6-10-14-18-26-37-47(38-27-19-15-11-7-2)56-50(54)42-32-44-52(49(53)41-31-30-36-46-34-24-22-23-25-35-46)45-33-43-51(5,55)57-48(39-28-20-16-12-8-3)40-29-21-17-13-9-4;1-2;/h46-48,55H,6-21,24-45H2,1-5H3;1-2H3;1H4. The van der Waals surface area contributed by atoms with E-state index in [9.17, 15) is 14.7 Å². The summed E-state index contributed by atoms with van der Waals surface area (Å²) < 4.78 is 12.6. The first-order valence-electron chi connectivity index (χ1n) is 26.1. The molecule has 0 saturated heterocycles. The fourth-order valence-corrected chi connectivity index (χ4v) is 8.49. The lowest BCUT2D eigenvalue weighted by molar-refractivity contribution is -0.225. The lowest BCUT2D eigenvalue weighted by atomic mass is 9.93. The second-order valence-corrected chi connectivity index (χ2v) is 18.0. The van der Waals surface area contributed by atoms with Gasteiger partial charge >= 0.3 is 5.97 Å². The summed E-state index contributed by atoms with van der Waals surface area (Å²) in [7, 11) is 0. The normalized spacial score (nSPS) is 13.8. The van der Waals surface area contributed by atoms with E-state index in [1.165, 1.54) is 122 Å². The molecular formula is C54H105NO5. The largest absolute Gasteiger partial charge is 0.462 e. The van der Waals surface area contributed by atoms with E-state index in [4.69, 9.17) is 9.47 Å². The Bertz CT molecular complexity index is 962. The fourth-order valence-electron chi connectivity index (χ4n) is 8.49. The molecule has 1 N–H and O–H groups in total. The number of carbonyl (C=O) groups is 2. The number of esters is 1. The Morgan fingerprint density at radius 1 is 0.600 bits per heavy atom. The van der Waals surface area contributed by atoms with E-state index in [-0.39, 0.29) is 31.5 Å². The van der Waals surface area contributed by atoms with Crippen molar-refractivity contribution in [3.63, 3.8) is 0 Å². The number of amides is 1. The molecule has 356 valence electrons. The Kier molecular flexibility index (Phi) is 44.4. The van der Waals surface area contributed by atoms with E-state index in [2.05, 4.69) is 39.5 Å². The lowest BCUT2D eigenvalue weighted by Gasteiger charge is -2.31. The van der Waals surface area contributed by atoms with Gasteiger partial charge in [-0.1, -0.05) is 177 Å². The molecule has 1 aliphatic carbocycles. The predicted molar refractivity (Wildman–Crippen MR) is 260 cm³/mol. The summed E-state index contributed by atoms with van der Waals surface area (Å²) in [6, 6.07) is 0. The molecule has 1 unspecified atom stereocenters. The van der Waals surface area contributed by atoms with Gasteiger partial charge in [-0.05, 0) is 83.5 Å². The second kappa shape index (κ2) is 44.0. The highest BCUT2D eigenvalue weighted by Gasteiger charge is 2.26. The van der Waals surface area contributed by atoms with Crippen LogP contribution in [0.4, 0.5) is 0 Å². The summed E-state index contributed by atoms with van der Waals surface area (Å²) in [5.41, 5.74) is 0.